The Morgan fingerprint density at radius 2 is 1.89 bits per heavy atom. The second kappa shape index (κ2) is 10.4. The number of nitrogens with zero attached hydrogens (tertiary/aromatic N) is 4. The van der Waals surface area contributed by atoms with E-state index in [9.17, 15) is 10.1 Å². The third kappa shape index (κ3) is 4.83. The Hall–Kier alpha value is -4.80. The summed E-state index contributed by atoms with van der Waals surface area (Å²) in [7, 11) is 3.30. The lowest BCUT2D eigenvalue weighted by Gasteiger charge is -2.21. The molecule has 2 aromatic heterocycles. The van der Waals surface area contributed by atoms with E-state index in [0.29, 0.717) is 17.7 Å². The Labute approximate surface area is 215 Å². The number of hydrogen-bond donors (Lipinski definition) is 1. The number of fused-ring (bicyclic) bond motifs is 1. The first-order valence-electron chi connectivity index (χ1n) is 11.8. The number of imidazole rings is 1. The van der Waals surface area contributed by atoms with Crippen molar-refractivity contribution in [3.8, 4) is 17.2 Å². The fourth-order valence-corrected chi connectivity index (χ4v) is 4.54. The number of nitriles is 1. The highest BCUT2D eigenvalue weighted by atomic mass is 16.5. The molecule has 1 atom stereocenters. The van der Waals surface area contributed by atoms with Crippen molar-refractivity contribution in [1.29, 1.82) is 5.26 Å². The molecule has 0 amide bonds. The van der Waals surface area contributed by atoms with Crippen LogP contribution in [0.25, 0.3) is 21.9 Å². The Morgan fingerprint density at radius 1 is 1.05 bits per heavy atom. The molecule has 5 rings (SSSR count). The molecular weight excluding hydrogens is 462 g/mol. The predicted octanol–water partition coefficient (Wildman–Crippen LogP) is 5.17. The zero-order chi connectivity index (χ0) is 25.8. The molecule has 0 aliphatic carbocycles. The smallest absolute Gasteiger partial charge is 0.339 e. The van der Waals surface area contributed by atoms with Gasteiger partial charge in [0.2, 0.25) is 0 Å². The van der Waals surface area contributed by atoms with Crippen LogP contribution in [-0.2, 0) is 18.3 Å². The first kappa shape index (κ1) is 23.9. The van der Waals surface area contributed by atoms with Gasteiger partial charge in [0.1, 0.15) is 0 Å². The summed E-state index contributed by atoms with van der Waals surface area (Å²) in [5.41, 5.74) is 5.66. The number of pyridine rings is 1. The third-order valence-corrected chi connectivity index (χ3v) is 6.46. The molecule has 182 valence electrons. The molecule has 7 nitrogen and oxygen atoms in total. The maximum Gasteiger partial charge on any atom is 0.339 e. The molecule has 5 aromatic rings. The quantitative estimate of drug-likeness (QED) is 0.318. The topological polar surface area (TPSA) is 92.8 Å². The SMILES string of the molecule is COC(=O)c1ccc(CNC(c2ccc(C#N)c(-c3cccc4ccccc34)c2)c2cncn2C)nc1. The van der Waals surface area contributed by atoms with Crippen LogP contribution in [0.15, 0.2) is 91.5 Å². The van der Waals surface area contributed by atoms with Gasteiger partial charge in [-0.1, -0.05) is 48.5 Å². The van der Waals surface area contributed by atoms with Gasteiger partial charge in [0.05, 0.1) is 54.3 Å². The highest BCUT2D eigenvalue weighted by Crippen LogP contribution is 2.34. The zero-order valence-electron chi connectivity index (χ0n) is 20.6. The van der Waals surface area contributed by atoms with Crippen molar-refractivity contribution in [2.24, 2.45) is 7.05 Å². The monoisotopic (exact) mass is 487 g/mol. The number of hydrogen-bond acceptors (Lipinski definition) is 6. The van der Waals surface area contributed by atoms with E-state index >= 15 is 0 Å². The van der Waals surface area contributed by atoms with Crippen LogP contribution in [-0.4, -0.2) is 27.6 Å². The number of ether oxygens (including phenoxy) is 1. The van der Waals surface area contributed by atoms with Crippen molar-refractivity contribution < 1.29 is 9.53 Å². The lowest BCUT2D eigenvalue weighted by atomic mass is 9.91. The van der Waals surface area contributed by atoms with Gasteiger partial charge in [-0.05, 0) is 46.2 Å². The van der Waals surface area contributed by atoms with E-state index in [1.54, 1.807) is 18.5 Å². The van der Waals surface area contributed by atoms with E-state index < -0.39 is 5.97 Å². The van der Waals surface area contributed by atoms with Gasteiger partial charge in [-0.2, -0.15) is 5.26 Å². The molecule has 0 fully saturated rings. The minimum absolute atomic E-state index is 0.212. The highest BCUT2D eigenvalue weighted by molar-refractivity contribution is 5.98. The molecule has 3 aromatic carbocycles. The lowest BCUT2D eigenvalue weighted by Crippen LogP contribution is -2.24. The summed E-state index contributed by atoms with van der Waals surface area (Å²) in [6.45, 7) is 0.459. The van der Waals surface area contributed by atoms with Crippen LogP contribution in [0.4, 0.5) is 0 Å². The van der Waals surface area contributed by atoms with Gasteiger partial charge < -0.3 is 9.30 Å². The Balaban J connectivity index is 1.54. The number of aryl methyl sites for hydroxylation is 1. The van der Waals surface area contributed by atoms with Crippen LogP contribution >= 0.6 is 0 Å². The molecule has 0 aliphatic rings. The van der Waals surface area contributed by atoms with E-state index in [1.165, 1.54) is 13.3 Å². The second-order valence-electron chi connectivity index (χ2n) is 8.72. The highest BCUT2D eigenvalue weighted by Gasteiger charge is 2.20. The van der Waals surface area contributed by atoms with Gasteiger partial charge in [0, 0.05) is 25.4 Å². The summed E-state index contributed by atoms with van der Waals surface area (Å²) in [6, 6.07) is 25.9. The van der Waals surface area contributed by atoms with Gasteiger partial charge >= 0.3 is 5.97 Å². The normalized spacial score (nSPS) is 11.7. The summed E-state index contributed by atoms with van der Waals surface area (Å²) in [5, 5.41) is 15.7. The number of aromatic nitrogens is 3. The van der Waals surface area contributed by atoms with Gasteiger partial charge in [0.25, 0.3) is 0 Å². The molecular formula is C30H25N5O2. The number of carbonyl (C=O) groups is 1. The Kier molecular flexibility index (Phi) is 6.75. The fraction of sp³-hybridized carbons (Fsp3) is 0.133. The second-order valence-corrected chi connectivity index (χ2v) is 8.72. The maximum absolute atomic E-state index is 11.7. The molecule has 1 N–H and O–H groups in total. The van der Waals surface area contributed by atoms with Crippen LogP contribution in [0.1, 0.15) is 38.9 Å². The number of nitrogens with one attached hydrogen (secondary N) is 1. The van der Waals surface area contributed by atoms with Crippen LogP contribution in [0.3, 0.4) is 0 Å². The largest absolute Gasteiger partial charge is 0.465 e. The lowest BCUT2D eigenvalue weighted by molar-refractivity contribution is 0.0600. The Bertz CT molecular complexity index is 1610. The van der Waals surface area contributed by atoms with Crippen molar-refractivity contribution in [1.82, 2.24) is 19.9 Å². The minimum atomic E-state index is -0.418. The third-order valence-electron chi connectivity index (χ3n) is 6.46. The van der Waals surface area contributed by atoms with Gasteiger partial charge in [-0.25, -0.2) is 9.78 Å². The first-order valence-corrected chi connectivity index (χ1v) is 11.8. The summed E-state index contributed by atoms with van der Waals surface area (Å²) < 4.78 is 6.73. The van der Waals surface area contributed by atoms with Crippen LogP contribution in [0, 0.1) is 11.3 Å². The summed E-state index contributed by atoms with van der Waals surface area (Å²) in [5.74, 6) is -0.418. The van der Waals surface area contributed by atoms with Crippen molar-refractivity contribution in [3.05, 3.63) is 120 Å². The van der Waals surface area contributed by atoms with Crippen molar-refractivity contribution >= 4 is 16.7 Å². The number of esters is 1. The molecule has 0 spiro atoms. The average Bonchev–Trinajstić information content (AvgIpc) is 3.38. The minimum Gasteiger partial charge on any atom is -0.465 e. The average molecular weight is 488 g/mol. The molecule has 0 saturated heterocycles. The van der Waals surface area contributed by atoms with Crippen molar-refractivity contribution in [2.45, 2.75) is 12.6 Å². The number of carbonyl (C=O) groups excluding carboxylic acids is 1. The van der Waals surface area contributed by atoms with Gasteiger partial charge in [0.15, 0.2) is 0 Å². The van der Waals surface area contributed by atoms with E-state index in [2.05, 4.69) is 51.7 Å². The summed E-state index contributed by atoms with van der Waals surface area (Å²) in [6.07, 6.45) is 5.12. The fourth-order valence-electron chi connectivity index (χ4n) is 4.54. The Morgan fingerprint density at radius 3 is 2.62 bits per heavy atom. The number of methoxy groups -OCH3 is 1. The number of benzene rings is 3. The van der Waals surface area contributed by atoms with E-state index in [0.717, 1.165) is 38.9 Å². The molecule has 0 saturated carbocycles. The molecule has 1 unspecified atom stereocenters. The van der Waals surface area contributed by atoms with Crippen molar-refractivity contribution in [2.75, 3.05) is 7.11 Å². The molecule has 7 heteroatoms. The van der Waals surface area contributed by atoms with Gasteiger partial charge in [-0.15, -0.1) is 0 Å². The van der Waals surface area contributed by atoms with Crippen molar-refractivity contribution in [3.63, 3.8) is 0 Å². The van der Waals surface area contributed by atoms with E-state index in [1.807, 2.05) is 48.1 Å². The number of rotatable bonds is 7. The molecule has 37 heavy (non-hydrogen) atoms. The van der Waals surface area contributed by atoms with Gasteiger partial charge in [-0.3, -0.25) is 10.3 Å². The standard InChI is InChI=1S/C30H25N5O2/c1-35-19-32-18-28(35)29(34-17-24-13-12-23(16-33-24)30(36)37-2)21-10-11-22(15-31)27(14-21)26-9-5-7-20-6-3-4-8-25(20)26/h3-14,16,18-19,29,34H,17H2,1-2H3. The van der Waals surface area contributed by atoms with Crippen LogP contribution < -0.4 is 5.32 Å². The molecule has 2 heterocycles. The zero-order valence-corrected chi connectivity index (χ0v) is 20.6. The first-order chi connectivity index (χ1) is 18.1. The molecule has 0 aliphatic heterocycles. The molecule has 0 radical (unpaired) electrons. The van der Waals surface area contributed by atoms with Crippen LogP contribution in [0.2, 0.25) is 0 Å². The summed E-state index contributed by atoms with van der Waals surface area (Å²) >= 11 is 0. The van der Waals surface area contributed by atoms with E-state index in [-0.39, 0.29) is 6.04 Å². The maximum atomic E-state index is 11.7. The molecule has 0 bridgehead atoms. The van der Waals surface area contributed by atoms with E-state index in [4.69, 9.17) is 4.74 Å². The predicted molar refractivity (Wildman–Crippen MR) is 142 cm³/mol. The summed E-state index contributed by atoms with van der Waals surface area (Å²) in [4.78, 5) is 20.5. The van der Waals surface area contributed by atoms with Crippen LogP contribution in [0.5, 0.6) is 0 Å².